The Balaban J connectivity index is 1.55. The highest BCUT2D eigenvalue weighted by molar-refractivity contribution is 5.98. The zero-order chi connectivity index (χ0) is 22.5. The Morgan fingerprint density at radius 2 is 2.09 bits per heavy atom. The molecule has 6 heteroatoms. The van der Waals surface area contributed by atoms with Gasteiger partial charge in [0, 0.05) is 54.5 Å². The van der Waals surface area contributed by atoms with Crippen LogP contribution in [0.3, 0.4) is 0 Å². The highest BCUT2D eigenvalue weighted by atomic mass is 16.2. The molecule has 0 aliphatic carbocycles. The van der Waals surface area contributed by atoms with Crippen LogP contribution in [0.1, 0.15) is 21.6 Å². The molecule has 1 aliphatic heterocycles. The normalized spacial score (nSPS) is 14.2. The molecule has 1 amide bonds. The van der Waals surface area contributed by atoms with E-state index in [9.17, 15) is 4.79 Å². The van der Waals surface area contributed by atoms with Gasteiger partial charge in [0.05, 0.1) is 17.7 Å². The van der Waals surface area contributed by atoms with Crippen molar-refractivity contribution < 1.29 is 4.79 Å². The highest BCUT2D eigenvalue weighted by Crippen LogP contribution is 2.30. The summed E-state index contributed by atoms with van der Waals surface area (Å²) in [6.45, 7) is 6.91. The summed E-state index contributed by atoms with van der Waals surface area (Å²) in [7, 11) is 0. The standard InChI is InChI=1S/C26H23N5O/c1-3-5-19(6-4-10-27)22-12-20-9-11-28-15-24(20)25(13-22)30-23-16-31(17-23)26(32)21-8-7-18(2)29-14-21/h3-9,11-15,23,30H,1,16-17H2,2H3. The Kier molecular flexibility index (Phi) is 6.09. The average Bonchev–Trinajstić information content (AvgIpc) is 2.78. The number of nitrogens with zero attached hydrogens (tertiary/aromatic N) is 4. The lowest BCUT2D eigenvalue weighted by Gasteiger charge is -2.40. The number of hydrogen-bond donors (Lipinski definition) is 1. The summed E-state index contributed by atoms with van der Waals surface area (Å²) in [6.07, 6.45) is 12.0. The monoisotopic (exact) mass is 421 g/mol. The van der Waals surface area contributed by atoms with Crippen LogP contribution in [-0.2, 0) is 0 Å². The van der Waals surface area contributed by atoms with Crippen LogP contribution in [0.15, 0.2) is 79.8 Å². The number of hydrogen-bond acceptors (Lipinski definition) is 5. The molecule has 0 atom stereocenters. The van der Waals surface area contributed by atoms with E-state index in [1.54, 1.807) is 24.5 Å². The lowest BCUT2D eigenvalue weighted by molar-refractivity contribution is 0.0625. The van der Waals surface area contributed by atoms with Crippen LogP contribution >= 0.6 is 0 Å². The van der Waals surface area contributed by atoms with Crippen molar-refractivity contribution in [1.82, 2.24) is 14.9 Å². The van der Waals surface area contributed by atoms with E-state index in [1.165, 1.54) is 6.08 Å². The smallest absolute Gasteiger partial charge is 0.255 e. The van der Waals surface area contributed by atoms with Gasteiger partial charge in [0.1, 0.15) is 0 Å². The quantitative estimate of drug-likeness (QED) is 0.467. The van der Waals surface area contributed by atoms with Crippen LogP contribution in [0.5, 0.6) is 0 Å². The Labute approximate surface area is 187 Å². The van der Waals surface area contributed by atoms with Crippen LogP contribution in [0.4, 0.5) is 5.69 Å². The molecule has 1 saturated heterocycles. The van der Waals surface area contributed by atoms with E-state index in [0.29, 0.717) is 18.7 Å². The molecule has 0 spiro atoms. The second-order valence-electron chi connectivity index (χ2n) is 7.68. The fourth-order valence-electron chi connectivity index (χ4n) is 3.72. The Morgan fingerprint density at radius 1 is 1.25 bits per heavy atom. The largest absolute Gasteiger partial charge is 0.378 e. The Hall–Kier alpha value is -4.24. The number of pyridine rings is 2. The van der Waals surface area contributed by atoms with Crippen LogP contribution in [0, 0.1) is 18.3 Å². The van der Waals surface area contributed by atoms with Crippen molar-refractivity contribution in [2.24, 2.45) is 0 Å². The number of amides is 1. The van der Waals surface area contributed by atoms with Gasteiger partial charge in [-0.05, 0) is 59.9 Å². The Bertz CT molecular complexity index is 1260. The molecule has 3 aromatic rings. The summed E-state index contributed by atoms with van der Waals surface area (Å²) < 4.78 is 0. The van der Waals surface area contributed by atoms with E-state index in [0.717, 1.165) is 33.3 Å². The van der Waals surface area contributed by atoms with Gasteiger partial charge in [0.15, 0.2) is 0 Å². The molecule has 1 N–H and O–H groups in total. The number of aryl methyl sites for hydroxylation is 1. The number of nitrogens with one attached hydrogen (secondary N) is 1. The van der Waals surface area contributed by atoms with E-state index < -0.39 is 0 Å². The van der Waals surface area contributed by atoms with Gasteiger partial charge in [-0.15, -0.1) is 0 Å². The van der Waals surface area contributed by atoms with E-state index in [4.69, 9.17) is 5.26 Å². The number of nitriles is 1. The van der Waals surface area contributed by atoms with Crippen LogP contribution in [0.25, 0.3) is 16.3 Å². The number of rotatable bonds is 6. The van der Waals surface area contributed by atoms with Crippen molar-refractivity contribution in [1.29, 1.82) is 5.26 Å². The van der Waals surface area contributed by atoms with Gasteiger partial charge in [0.2, 0.25) is 0 Å². The van der Waals surface area contributed by atoms with Crippen molar-refractivity contribution in [3.63, 3.8) is 0 Å². The molecule has 158 valence electrons. The third kappa shape index (κ3) is 4.42. The van der Waals surface area contributed by atoms with Crippen molar-refractivity contribution in [2.45, 2.75) is 13.0 Å². The fraction of sp³-hybridized carbons (Fsp3) is 0.154. The summed E-state index contributed by atoms with van der Waals surface area (Å²) in [4.78, 5) is 23.0. The zero-order valence-corrected chi connectivity index (χ0v) is 17.8. The third-order valence-corrected chi connectivity index (χ3v) is 5.41. The predicted molar refractivity (Wildman–Crippen MR) is 127 cm³/mol. The van der Waals surface area contributed by atoms with Crippen molar-refractivity contribution >= 4 is 27.9 Å². The van der Waals surface area contributed by atoms with Crippen LogP contribution in [-0.4, -0.2) is 39.9 Å². The van der Waals surface area contributed by atoms with Gasteiger partial charge >= 0.3 is 0 Å². The Morgan fingerprint density at radius 3 is 2.81 bits per heavy atom. The molecule has 4 rings (SSSR count). The van der Waals surface area contributed by atoms with Crippen LogP contribution in [0.2, 0.25) is 0 Å². The topological polar surface area (TPSA) is 81.9 Å². The van der Waals surface area contributed by atoms with Crippen molar-refractivity contribution in [2.75, 3.05) is 18.4 Å². The number of carbonyl (C=O) groups is 1. The van der Waals surface area contributed by atoms with E-state index in [2.05, 4.69) is 34.0 Å². The minimum absolute atomic E-state index is 0.00586. The zero-order valence-electron chi connectivity index (χ0n) is 17.8. The first-order chi connectivity index (χ1) is 15.6. The average molecular weight is 422 g/mol. The lowest BCUT2D eigenvalue weighted by atomic mass is 9.98. The molecule has 6 nitrogen and oxygen atoms in total. The molecule has 1 fully saturated rings. The van der Waals surface area contributed by atoms with Gasteiger partial charge in [-0.25, -0.2) is 0 Å². The van der Waals surface area contributed by atoms with Crippen molar-refractivity contribution in [3.05, 3.63) is 96.6 Å². The maximum atomic E-state index is 12.7. The third-order valence-electron chi connectivity index (χ3n) is 5.41. The number of fused-ring (bicyclic) bond motifs is 1. The number of allylic oxidation sites excluding steroid dienone is 5. The number of likely N-dealkylation sites (tertiary alicyclic amines) is 1. The summed E-state index contributed by atoms with van der Waals surface area (Å²) in [5.41, 5.74) is 4.30. The molecular weight excluding hydrogens is 398 g/mol. The van der Waals surface area contributed by atoms with E-state index >= 15 is 0 Å². The lowest BCUT2D eigenvalue weighted by Crippen LogP contribution is -2.57. The van der Waals surface area contributed by atoms with Gasteiger partial charge in [0.25, 0.3) is 5.91 Å². The summed E-state index contributed by atoms with van der Waals surface area (Å²) in [5, 5.41) is 14.5. The van der Waals surface area contributed by atoms with Gasteiger partial charge in [-0.2, -0.15) is 5.26 Å². The maximum absolute atomic E-state index is 12.7. The molecule has 3 heterocycles. The molecule has 2 aromatic heterocycles. The van der Waals surface area contributed by atoms with Gasteiger partial charge < -0.3 is 10.2 Å². The van der Waals surface area contributed by atoms with E-state index in [-0.39, 0.29) is 11.9 Å². The van der Waals surface area contributed by atoms with Gasteiger partial charge in [-0.1, -0.05) is 18.7 Å². The highest BCUT2D eigenvalue weighted by Gasteiger charge is 2.31. The molecule has 1 aromatic carbocycles. The minimum atomic E-state index is -0.00586. The first-order valence-electron chi connectivity index (χ1n) is 10.3. The van der Waals surface area contributed by atoms with Crippen molar-refractivity contribution in [3.8, 4) is 6.07 Å². The van der Waals surface area contributed by atoms with Crippen LogP contribution < -0.4 is 5.32 Å². The summed E-state index contributed by atoms with van der Waals surface area (Å²) in [5.74, 6) is -0.00586. The molecule has 1 aliphatic rings. The second-order valence-corrected chi connectivity index (χ2v) is 7.68. The molecule has 0 unspecified atom stereocenters. The van der Waals surface area contributed by atoms with Gasteiger partial charge in [-0.3, -0.25) is 14.8 Å². The predicted octanol–water partition coefficient (Wildman–Crippen LogP) is 4.52. The maximum Gasteiger partial charge on any atom is 0.255 e. The minimum Gasteiger partial charge on any atom is -0.378 e. The SMILES string of the molecule is C=CC=C(C=CC#N)c1cc(NC2CN(C(=O)c3ccc(C)nc3)C2)c2cnccc2c1. The first kappa shape index (κ1) is 21.0. The molecule has 0 bridgehead atoms. The molecule has 32 heavy (non-hydrogen) atoms. The first-order valence-corrected chi connectivity index (χ1v) is 10.3. The molecule has 0 radical (unpaired) electrons. The summed E-state index contributed by atoms with van der Waals surface area (Å²) >= 11 is 0. The number of aromatic nitrogens is 2. The number of benzene rings is 1. The second kappa shape index (κ2) is 9.27. The molecular formula is C26H23N5O. The fourth-order valence-corrected chi connectivity index (χ4v) is 3.72. The summed E-state index contributed by atoms with van der Waals surface area (Å²) in [6, 6.07) is 11.9. The molecule has 0 saturated carbocycles. The number of carbonyl (C=O) groups excluding carboxylic acids is 1. The van der Waals surface area contributed by atoms with E-state index in [1.807, 2.05) is 48.4 Å². The number of anilines is 1.